The van der Waals surface area contributed by atoms with Gasteiger partial charge in [-0.1, -0.05) is 27.5 Å². The molecule has 2 aromatic carbocycles. The summed E-state index contributed by atoms with van der Waals surface area (Å²) in [4.78, 5) is 12.5. The van der Waals surface area contributed by atoms with Crippen LogP contribution in [0.2, 0.25) is 5.02 Å². The van der Waals surface area contributed by atoms with Crippen LogP contribution in [0.3, 0.4) is 0 Å². The minimum atomic E-state index is -0.199. The first-order valence-electron chi connectivity index (χ1n) is 7.84. The van der Waals surface area contributed by atoms with Crippen LogP contribution in [0.1, 0.15) is 28.4 Å². The summed E-state index contributed by atoms with van der Waals surface area (Å²) in [7, 11) is 0. The fraction of sp³-hybridized carbons (Fsp3) is 0.278. The number of benzene rings is 2. The van der Waals surface area contributed by atoms with Crippen molar-refractivity contribution in [2.75, 3.05) is 18.5 Å². The summed E-state index contributed by atoms with van der Waals surface area (Å²) in [6.07, 6.45) is 0.985. The third-order valence-electron chi connectivity index (χ3n) is 3.91. The average Bonchev–Trinajstić information content (AvgIpc) is 2.57. The lowest BCUT2D eigenvalue weighted by atomic mass is 10.0. The molecule has 0 unspecified atom stereocenters. The van der Waals surface area contributed by atoms with E-state index in [1.54, 1.807) is 18.2 Å². The fourth-order valence-electron chi connectivity index (χ4n) is 2.76. The molecule has 0 saturated heterocycles. The van der Waals surface area contributed by atoms with E-state index in [1.807, 2.05) is 19.1 Å². The Morgan fingerprint density at radius 3 is 2.88 bits per heavy atom. The second-order valence-electron chi connectivity index (χ2n) is 5.55. The van der Waals surface area contributed by atoms with E-state index in [9.17, 15) is 4.79 Å². The molecule has 7 heteroatoms. The summed E-state index contributed by atoms with van der Waals surface area (Å²) in [5.41, 5.74) is 3.77. The van der Waals surface area contributed by atoms with Crippen LogP contribution in [0.5, 0.6) is 5.75 Å². The summed E-state index contributed by atoms with van der Waals surface area (Å²) in [6.45, 7) is 4.21. The summed E-state index contributed by atoms with van der Waals surface area (Å²) < 4.78 is 6.42. The molecule has 0 fully saturated rings. The normalized spacial score (nSPS) is 12.8. The Morgan fingerprint density at radius 1 is 1.36 bits per heavy atom. The predicted molar refractivity (Wildman–Crippen MR) is 107 cm³/mol. The van der Waals surface area contributed by atoms with E-state index in [0.29, 0.717) is 22.9 Å². The molecule has 0 aromatic heterocycles. The van der Waals surface area contributed by atoms with Gasteiger partial charge in [-0.3, -0.25) is 4.79 Å². The van der Waals surface area contributed by atoms with Crippen LogP contribution < -0.4 is 15.4 Å². The molecule has 2 N–H and O–H groups in total. The second kappa shape index (κ2) is 8.90. The SMILES string of the molecule is CCOc1ccc(C(=O)Nc2cc(Br)c3c(c2)CNCC3)cc1Cl.Cl. The minimum absolute atomic E-state index is 0. The number of anilines is 1. The van der Waals surface area contributed by atoms with Crippen LogP contribution in [0.15, 0.2) is 34.8 Å². The van der Waals surface area contributed by atoms with Crippen molar-refractivity contribution in [1.29, 1.82) is 0 Å². The molecule has 0 aliphatic carbocycles. The van der Waals surface area contributed by atoms with Gasteiger partial charge in [0.1, 0.15) is 5.75 Å². The number of hydrogen-bond donors (Lipinski definition) is 2. The number of rotatable bonds is 4. The van der Waals surface area contributed by atoms with Crippen molar-refractivity contribution in [2.24, 2.45) is 0 Å². The van der Waals surface area contributed by atoms with E-state index in [2.05, 4.69) is 26.6 Å². The van der Waals surface area contributed by atoms with E-state index in [4.69, 9.17) is 16.3 Å². The quantitative estimate of drug-likeness (QED) is 0.709. The van der Waals surface area contributed by atoms with Crippen LogP contribution in [0.25, 0.3) is 0 Å². The highest BCUT2D eigenvalue weighted by molar-refractivity contribution is 9.10. The summed E-state index contributed by atoms with van der Waals surface area (Å²) in [5, 5.41) is 6.70. The van der Waals surface area contributed by atoms with E-state index >= 15 is 0 Å². The van der Waals surface area contributed by atoms with Crippen molar-refractivity contribution in [2.45, 2.75) is 19.9 Å². The Balaban J connectivity index is 0.00000225. The number of halogens is 3. The van der Waals surface area contributed by atoms with Gasteiger partial charge in [-0.05, 0) is 61.3 Å². The topological polar surface area (TPSA) is 50.4 Å². The maximum Gasteiger partial charge on any atom is 0.255 e. The lowest BCUT2D eigenvalue weighted by Crippen LogP contribution is -2.24. The van der Waals surface area contributed by atoms with E-state index < -0.39 is 0 Å². The highest BCUT2D eigenvalue weighted by Gasteiger charge is 2.15. The minimum Gasteiger partial charge on any atom is -0.492 e. The van der Waals surface area contributed by atoms with Gasteiger partial charge in [0.15, 0.2) is 0 Å². The molecule has 1 amide bonds. The Kier molecular flexibility index (Phi) is 7.14. The van der Waals surface area contributed by atoms with Crippen molar-refractivity contribution in [3.63, 3.8) is 0 Å². The predicted octanol–water partition coefficient (Wildman–Crippen LogP) is 4.82. The molecule has 0 radical (unpaired) electrons. The van der Waals surface area contributed by atoms with Crippen molar-refractivity contribution in [3.8, 4) is 5.75 Å². The van der Waals surface area contributed by atoms with E-state index in [-0.39, 0.29) is 18.3 Å². The Morgan fingerprint density at radius 2 is 2.16 bits per heavy atom. The first-order chi connectivity index (χ1) is 11.6. The number of fused-ring (bicyclic) bond motifs is 1. The molecule has 1 heterocycles. The van der Waals surface area contributed by atoms with Gasteiger partial charge in [-0.25, -0.2) is 0 Å². The molecule has 1 aliphatic heterocycles. The Hall–Kier alpha value is -1.27. The van der Waals surface area contributed by atoms with E-state index in [0.717, 1.165) is 29.7 Å². The molecule has 2 aromatic rings. The van der Waals surface area contributed by atoms with Gasteiger partial charge in [0.25, 0.3) is 5.91 Å². The van der Waals surface area contributed by atoms with Crippen LogP contribution in [-0.4, -0.2) is 19.1 Å². The smallest absolute Gasteiger partial charge is 0.255 e. The molecule has 0 saturated carbocycles. The highest BCUT2D eigenvalue weighted by atomic mass is 79.9. The first-order valence-corrected chi connectivity index (χ1v) is 9.01. The summed E-state index contributed by atoms with van der Waals surface area (Å²) in [5.74, 6) is 0.383. The molecule has 0 bridgehead atoms. The third-order valence-corrected chi connectivity index (χ3v) is 4.91. The summed E-state index contributed by atoms with van der Waals surface area (Å²) in [6, 6.07) is 9.00. The molecule has 0 atom stereocenters. The number of hydrogen-bond acceptors (Lipinski definition) is 3. The zero-order valence-electron chi connectivity index (χ0n) is 13.7. The molecule has 4 nitrogen and oxygen atoms in total. The molecule has 25 heavy (non-hydrogen) atoms. The van der Waals surface area contributed by atoms with Crippen molar-refractivity contribution >= 4 is 51.5 Å². The average molecular weight is 446 g/mol. The standard InChI is InChI=1S/C18H18BrClN2O2.ClH/c1-2-24-17-4-3-11(8-16(17)20)18(23)22-13-7-12-10-21-6-5-14(12)15(19)9-13;/h3-4,7-9,21H,2,5-6,10H2,1H3,(H,22,23);1H. The number of nitrogens with one attached hydrogen (secondary N) is 2. The zero-order valence-corrected chi connectivity index (χ0v) is 16.9. The fourth-order valence-corrected chi connectivity index (χ4v) is 3.69. The number of carbonyl (C=O) groups is 1. The second-order valence-corrected chi connectivity index (χ2v) is 6.82. The first kappa shape index (κ1) is 20.0. The van der Waals surface area contributed by atoms with Gasteiger partial charge in [0, 0.05) is 22.3 Å². The van der Waals surface area contributed by atoms with Gasteiger partial charge in [0.05, 0.1) is 11.6 Å². The number of ether oxygens (including phenoxy) is 1. The molecule has 3 rings (SSSR count). The molecular formula is C18H19BrCl2N2O2. The van der Waals surface area contributed by atoms with Gasteiger partial charge in [0.2, 0.25) is 0 Å². The third kappa shape index (κ3) is 4.67. The maximum atomic E-state index is 12.5. The van der Waals surface area contributed by atoms with Gasteiger partial charge < -0.3 is 15.4 Å². The number of carbonyl (C=O) groups excluding carboxylic acids is 1. The Bertz CT molecular complexity index is 784. The largest absolute Gasteiger partial charge is 0.492 e. The lowest BCUT2D eigenvalue weighted by molar-refractivity contribution is 0.102. The maximum absolute atomic E-state index is 12.5. The van der Waals surface area contributed by atoms with Crippen LogP contribution in [0, 0.1) is 0 Å². The van der Waals surface area contributed by atoms with E-state index in [1.165, 1.54) is 11.1 Å². The summed E-state index contributed by atoms with van der Waals surface area (Å²) >= 11 is 9.76. The molecule has 1 aliphatic rings. The van der Waals surface area contributed by atoms with Gasteiger partial charge >= 0.3 is 0 Å². The highest BCUT2D eigenvalue weighted by Crippen LogP contribution is 2.29. The van der Waals surface area contributed by atoms with Gasteiger partial charge in [-0.2, -0.15) is 0 Å². The zero-order chi connectivity index (χ0) is 17.1. The molecular weight excluding hydrogens is 427 g/mol. The van der Waals surface area contributed by atoms with Crippen molar-refractivity contribution in [1.82, 2.24) is 5.32 Å². The lowest BCUT2D eigenvalue weighted by Gasteiger charge is -2.20. The van der Waals surface area contributed by atoms with Crippen LogP contribution >= 0.6 is 39.9 Å². The van der Waals surface area contributed by atoms with Crippen molar-refractivity contribution in [3.05, 3.63) is 56.5 Å². The molecule has 0 spiro atoms. The molecule has 134 valence electrons. The van der Waals surface area contributed by atoms with Gasteiger partial charge in [-0.15, -0.1) is 12.4 Å². The van der Waals surface area contributed by atoms with Crippen LogP contribution in [-0.2, 0) is 13.0 Å². The Labute approximate surface area is 166 Å². The monoisotopic (exact) mass is 444 g/mol. The number of amides is 1. The van der Waals surface area contributed by atoms with Crippen molar-refractivity contribution < 1.29 is 9.53 Å². The van der Waals surface area contributed by atoms with Crippen LogP contribution in [0.4, 0.5) is 5.69 Å².